The van der Waals surface area contributed by atoms with E-state index < -0.39 is 12.4 Å². The Balaban J connectivity index is 1.83. The van der Waals surface area contributed by atoms with E-state index in [1.165, 1.54) is 12.3 Å². The maximum atomic E-state index is 10.2. The molecule has 0 saturated heterocycles. The van der Waals surface area contributed by atoms with Gasteiger partial charge in [-0.25, -0.2) is 0 Å². The fourth-order valence-corrected chi connectivity index (χ4v) is 2.46. The van der Waals surface area contributed by atoms with Crippen molar-refractivity contribution in [2.75, 3.05) is 13.2 Å². The Morgan fingerprint density at radius 1 is 1.15 bits per heavy atom. The molecule has 0 spiro atoms. The summed E-state index contributed by atoms with van der Waals surface area (Å²) >= 11 is 0. The van der Waals surface area contributed by atoms with Crippen molar-refractivity contribution in [2.45, 2.75) is 45.3 Å². The lowest BCUT2D eigenvalue weighted by Gasteiger charge is -2.22. The van der Waals surface area contributed by atoms with Crippen molar-refractivity contribution in [3.63, 3.8) is 0 Å². The molecule has 0 bridgehead atoms. The number of benzene rings is 1. The SMILES string of the molecule is CCCC(NCC(O)COc1cc(C(O)O)cnc1C)Oc1ccccc1. The normalized spacial score (nSPS) is 13.4. The second kappa shape index (κ2) is 10.8. The molecule has 0 aliphatic carbocycles. The first-order chi connectivity index (χ1) is 13.0. The number of aromatic nitrogens is 1. The van der Waals surface area contributed by atoms with E-state index in [1.807, 2.05) is 30.3 Å². The van der Waals surface area contributed by atoms with Gasteiger partial charge in [-0.05, 0) is 31.5 Å². The van der Waals surface area contributed by atoms with Gasteiger partial charge in [0.05, 0.1) is 5.69 Å². The van der Waals surface area contributed by atoms with Crippen LogP contribution in [0.4, 0.5) is 0 Å². The van der Waals surface area contributed by atoms with Gasteiger partial charge in [-0.1, -0.05) is 31.5 Å². The molecule has 0 saturated carbocycles. The van der Waals surface area contributed by atoms with Crippen LogP contribution >= 0.6 is 0 Å². The number of aryl methyl sites for hydroxylation is 1. The minimum atomic E-state index is -1.61. The average molecular weight is 376 g/mol. The summed E-state index contributed by atoms with van der Waals surface area (Å²) in [5.74, 6) is 1.18. The number of hydrogen-bond acceptors (Lipinski definition) is 7. The van der Waals surface area contributed by atoms with Gasteiger partial charge in [-0.2, -0.15) is 0 Å². The Bertz CT molecular complexity index is 681. The van der Waals surface area contributed by atoms with E-state index in [0.717, 1.165) is 18.6 Å². The lowest BCUT2D eigenvalue weighted by Crippen LogP contribution is -2.41. The number of nitrogens with zero attached hydrogens (tertiary/aromatic N) is 1. The van der Waals surface area contributed by atoms with Gasteiger partial charge in [0.1, 0.15) is 30.4 Å². The third kappa shape index (κ3) is 7.15. The van der Waals surface area contributed by atoms with Crippen LogP contribution < -0.4 is 14.8 Å². The second-order valence-corrected chi connectivity index (χ2v) is 6.31. The molecule has 1 aromatic carbocycles. The van der Waals surface area contributed by atoms with Crippen LogP contribution in [-0.2, 0) is 0 Å². The lowest BCUT2D eigenvalue weighted by molar-refractivity contribution is -0.0429. The molecule has 0 aliphatic heterocycles. The molecule has 7 heteroatoms. The predicted octanol–water partition coefficient (Wildman–Crippen LogP) is 1.91. The molecule has 1 aromatic heterocycles. The van der Waals surface area contributed by atoms with Crippen molar-refractivity contribution in [3.8, 4) is 11.5 Å². The van der Waals surface area contributed by atoms with Crippen LogP contribution in [-0.4, -0.2) is 45.8 Å². The van der Waals surface area contributed by atoms with Gasteiger partial charge in [-0.15, -0.1) is 0 Å². The molecule has 4 N–H and O–H groups in total. The van der Waals surface area contributed by atoms with Crippen molar-refractivity contribution in [1.29, 1.82) is 0 Å². The van der Waals surface area contributed by atoms with Gasteiger partial charge in [0.2, 0.25) is 0 Å². The van der Waals surface area contributed by atoms with E-state index in [1.54, 1.807) is 6.92 Å². The monoisotopic (exact) mass is 376 g/mol. The van der Waals surface area contributed by atoms with Gasteiger partial charge in [-0.3, -0.25) is 10.3 Å². The lowest BCUT2D eigenvalue weighted by atomic mass is 10.2. The fourth-order valence-electron chi connectivity index (χ4n) is 2.46. The van der Waals surface area contributed by atoms with Crippen molar-refractivity contribution >= 4 is 0 Å². The molecule has 2 unspecified atom stereocenters. The summed E-state index contributed by atoms with van der Waals surface area (Å²) in [6, 6.07) is 11.0. The van der Waals surface area contributed by atoms with Gasteiger partial charge < -0.3 is 24.8 Å². The maximum absolute atomic E-state index is 10.2. The Morgan fingerprint density at radius 3 is 2.56 bits per heavy atom. The Kier molecular flexibility index (Phi) is 8.47. The topological polar surface area (TPSA) is 104 Å². The van der Waals surface area contributed by atoms with Gasteiger partial charge in [0, 0.05) is 18.3 Å². The third-order valence-electron chi connectivity index (χ3n) is 3.94. The minimum Gasteiger partial charge on any atom is -0.489 e. The first-order valence-corrected chi connectivity index (χ1v) is 9.08. The molecular formula is C20H28N2O5. The van der Waals surface area contributed by atoms with E-state index in [0.29, 0.717) is 18.0 Å². The summed E-state index contributed by atoms with van der Waals surface area (Å²) in [6.07, 6.45) is 0.549. The summed E-state index contributed by atoms with van der Waals surface area (Å²) in [5.41, 5.74) is 0.846. The van der Waals surface area contributed by atoms with Crippen LogP contribution in [0.5, 0.6) is 11.5 Å². The zero-order valence-corrected chi connectivity index (χ0v) is 15.7. The van der Waals surface area contributed by atoms with Crippen LogP contribution in [0.1, 0.15) is 37.3 Å². The maximum Gasteiger partial charge on any atom is 0.180 e. The Morgan fingerprint density at radius 2 is 1.89 bits per heavy atom. The molecule has 0 aliphatic rings. The van der Waals surface area contributed by atoms with Crippen LogP contribution in [0.25, 0.3) is 0 Å². The predicted molar refractivity (Wildman–Crippen MR) is 101 cm³/mol. The van der Waals surface area contributed by atoms with Crippen LogP contribution in [0.2, 0.25) is 0 Å². The number of rotatable bonds is 11. The Labute approximate surface area is 159 Å². The molecule has 27 heavy (non-hydrogen) atoms. The highest BCUT2D eigenvalue weighted by atomic mass is 16.5. The number of nitrogens with one attached hydrogen (secondary N) is 1. The fraction of sp³-hybridized carbons (Fsp3) is 0.450. The summed E-state index contributed by atoms with van der Waals surface area (Å²) in [7, 11) is 0. The van der Waals surface area contributed by atoms with Crippen molar-refractivity contribution in [3.05, 3.63) is 53.9 Å². The van der Waals surface area contributed by atoms with E-state index in [2.05, 4.69) is 17.2 Å². The minimum absolute atomic E-state index is 0.0463. The summed E-state index contributed by atoms with van der Waals surface area (Å²) in [5, 5.41) is 31.8. The van der Waals surface area contributed by atoms with Crippen molar-refractivity contribution < 1.29 is 24.8 Å². The smallest absolute Gasteiger partial charge is 0.180 e. The highest BCUT2D eigenvalue weighted by Gasteiger charge is 2.14. The number of aliphatic hydroxyl groups excluding tert-OH is 2. The van der Waals surface area contributed by atoms with Crippen LogP contribution in [0, 0.1) is 6.92 Å². The first-order valence-electron chi connectivity index (χ1n) is 9.08. The quantitative estimate of drug-likeness (QED) is 0.444. The zero-order valence-electron chi connectivity index (χ0n) is 15.7. The largest absolute Gasteiger partial charge is 0.489 e. The van der Waals surface area contributed by atoms with E-state index >= 15 is 0 Å². The number of pyridine rings is 1. The molecule has 1 heterocycles. The van der Waals surface area contributed by atoms with Crippen LogP contribution in [0.3, 0.4) is 0 Å². The average Bonchev–Trinajstić information content (AvgIpc) is 2.66. The molecule has 2 aromatic rings. The summed E-state index contributed by atoms with van der Waals surface area (Å²) in [4.78, 5) is 4.06. The molecule has 0 fully saturated rings. The van der Waals surface area contributed by atoms with Gasteiger partial charge in [0.25, 0.3) is 0 Å². The molecule has 7 nitrogen and oxygen atoms in total. The summed E-state index contributed by atoms with van der Waals surface area (Å²) in [6.45, 7) is 4.16. The molecule has 0 radical (unpaired) electrons. The second-order valence-electron chi connectivity index (χ2n) is 6.31. The Hall–Kier alpha value is -2.19. The number of para-hydroxylation sites is 1. The van der Waals surface area contributed by atoms with Crippen LogP contribution in [0.15, 0.2) is 42.6 Å². The zero-order chi connectivity index (χ0) is 19.6. The standard InChI is InChI=1S/C20H28N2O5/c1-3-7-19(27-17-8-5-4-6-9-17)22-12-16(23)13-26-18-10-15(20(24)25)11-21-14(18)2/h4-6,8-11,16,19-20,22-25H,3,7,12-13H2,1-2H3. The van der Waals surface area contributed by atoms with Gasteiger partial charge >= 0.3 is 0 Å². The molecule has 148 valence electrons. The highest BCUT2D eigenvalue weighted by Crippen LogP contribution is 2.20. The molecule has 0 amide bonds. The van der Waals surface area contributed by atoms with E-state index in [4.69, 9.17) is 9.47 Å². The van der Waals surface area contributed by atoms with Gasteiger partial charge in [0.15, 0.2) is 6.29 Å². The summed E-state index contributed by atoms with van der Waals surface area (Å²) < 4.78 is 11.5. The number of ether oxygens (including phenoxy) is 2. The highest BCUT2D eigenvalue weighted by molar-refractivity contribution is 5.31. The van der Waals surface area contributed by atoms with E-state index in [-0.39, 0.29) is 18.4 Å². The van der Waals surface area contributed by atoms with E-state index in [9.17, 15) is 15.3 Å². The molecular weight excluding hydrogens is 348 g/mol. The van der Waals surface area contributed by atoms with Crippen molar-refractivity contribution in [1.82, 2.24) is 10.3 Å². The number of hydrogen-bond donors (Lipinski definition) is 4. The molecule has 2 rings (SSSR count). The molecule has 2 atom stereocenters. The number of aliphatic hydroxyl groups is 3. The third-order valence-corrected chi connectivity index (χ3v) is 3.94. The van der Waals surface area contributed by atoms with Crippen molar-refractivity contribution in [2.24, 2.45) is 0 Å². The first kappa shape index (κ1) is 21.1.